The number of piperidine rings is 1. The van der Waals surface area contributed by atoms with Crippen LogP contribution in [0.5, 0.6) is 0 Å². The third kappa shape index (κ3) is 3.68. The smallest absolute Gasteiger partial charge is 0.274 e. The van der Waals surface area contributed by atoms with Crippen molar-refractivity contribution >= 4 is 11.8 Å². The predicted octanol–water partition coefficient (Wildman–Crippen LogP) is 0.262. The van der Waals surface area contributed by atoms with Crippen LogP contribution in [0, 0.1) is 5.41 Å². The van der Waals surface area contributed by atoms with Gasteiger partial charge >= 0.3 is 0 Å². The van der Waals surface area contributed by atoms with E-state index in [1.807, 2.05) is 9.80 Å². The van der Waals surface area contributed by atoms with E-state index >= 15 is 0 Å². The molecule has 3 aliphatic rings. The molecule has 1 spiro atoms. The predicted molar refractivity (Wildman–Crippen MR) is 98.0 cm³/mol. The quantitative estimate of drug-likeness (QED) is 0.740. The fourth-order valence-electron chi connectivity index (χ4n) is 4.66. The maximum Gasteiger partial charge on any atom is 0.274 e. The van der Waals surface area contributed by atoms with Crippen molar-refractivity contribution in [1.29, 1.82) is 0 Å². The van der Waals surface area contributed by atoms with Gasteiger partial charge in [0.1, 0.15) is 5.69 Å². The average Bonchev–Trinajstić information content (AvgIpc) is 3.04. The third-order valence-corrected chi connectivity index (χ3v) is 6.24. The standard InChI is InChI=1S/C19H27N5O3/c1-22-14-19(12-16(22)18(26)24-8-10-27-11-9-24)2-6-23(7-3-19)17(25)15-13-20-4-5-21-15/h4-5,13,16H,2-3,6-12,14H2,1H3. The van der Waals surface area contributed by atoms with Crippen molar-refractivity contribution in [3.8, 4) is 0 Å². The van der Waals surface area contributed by atoms with Crippen molar-refractivity contribution in [2.24, 2.45) is 5.41 Å². The van der Waals surface area contributed by atoms with Crippen molar-refractivity contribution in [3.63, 3.8) is 0 Å². The zero-order valence-electron chi connectivity index (χ0n) is 15.8. The molecule has 8 heteroatoms. The molecule has 1 unspecified atom stereocenters. The van der Waals surface area contributed by atoms with Crippen molar-refractivity contribution in [2.75, 3.05) is 53.0 Å². The summed E-state index contributed by atoms with van der Waals surface area (Å²) in [6.45, 7) is 4.98. The Kier molecular flexibility index (Phi) is 5.10. The normalized spacial score (nSPS) is 25.7. The number of nitrogens with zero attached hydrogens (tertiary/aromatic N) is 5. The Morgan fingerprint density at radius 3 is 2.52 bits per heavy atom. The first-order chi connectivity index (χ1) is 13.1. The van der Waals surface area contributed by atoms with E-state index in [0.29, 0.717) is 45.1 Å². The molecule has 0 aromatic carbocycles. The Morgan fingerprint density at radius 2 is 1.85 bits per heavy atom. The molecule has 146 valence electrons. The highest BCUT2D eigenvalue weighted by Gasteiger charge is 2.48. The zero-order chi connectivity index (χ0) is 18.9. The SMILES string of the molecule is CN1CC2(CCN(C(=O)c3cnccn3)CC2)CC1C(=O)N1CCOCC1. The second-order valence-corrected chi connectivity index (χ2v) is 7.96. The number of morpholine rings is 1. The van der Waals surface area contributed by atoms with Gasteiger partial charge in [-0.25, -0.2) is 4.98 Å². The number of ether oxygens (including phenoxy) is 1. The van der Waals surface area contributed by atoms with E-state index in [1.165, 1.54) is 6.20 Å². The van der Waals surface area contributed by atoms with Crippen LogP contribution < -0.4 is 0 Å². The van der Waals surface area contributed by atoms with Crippen LogP contribution in [0.1, 0.15) is 29.8 Å². The number of carbonyl (C=O) groups is 2. The van der Waals surface area contributed by atoms with Crippen molar-refractivity contribution in [1.82, 2.24) is 24.7 Å². The molecular weight excluding hydrogens is 346 g/mol. The van der Waals surface area contributed by atoms with E-state index in [9.17, 15) is 9.59 Å². The van der Waals surface area contributed by atoms with Gasteiger partial charge in [0.15, 0.2) is 0 Å². The van der Waals surface area contributed by atoms with Gasteiger partial charge in [0, 0.05) is 45.1 Å². The van der Waals surface area contributed by atoms with Crippen molar-refractivity contribution in [2.45, 2.75) is 25.3 Å². The minimum Gasteiger partial charge on any atom is -0.378 e. The molecule has 1 atom stereocenters. The number of likely N-dealkylation sites (N-methyl/N-ethyl adjacent to an activating group) is 1. The highest BCUT2D eigenvalue weighted by molar-refractivity contribution is 5.92. The van der Waals surface area contributed by atoms with E-state index in [0.717, 1.165) is 25.8 Å². The topological polar surface area (TPSA) is 78.9 Å². The molecule has 1 aromatic rings. The van der Waals surface area contributed by atoms with Gasteiger partial charge in [0.25, 0.3) is 5.91 Å². The van der Waals surface area contributed by atoms with Crippen LogP contribution in [0.3, 0.4) is 0 Å². The van der Waals surface area contributed by atoms with Crippen LogP contribution in [0.4, 0.5) is 0 Å². The van der Waals surface area contributed by atoms with Gasteiger partial charge in [0.2, 0.25) is 5.91 Å². The Bertz CT molecular complexity index is 684. The lowest BCUT2D eigenvalue weighted by atomic mass is 9.76. The number of hydrogen-bond donors (Lipinski definition) is 0. The molecule has 0 N–H and O–H groups in total. The summed E-state index contributed by atoms with van der Waals surface area (Å²) in [6, 6.07) is -0.0506. The molecule has 3 saturated heterocycles. The van der Waals surface area contributed by atoms with Gasteiger partial charge in [-0.15, -0.1) is 0 Å². The first kappa shape index (κ1) is 18.3. The fraction of sp³-hybridized carbons (Fsp3) is 0.684. The number of likely N-dealkylation sites (tertiary alicyclic amines) is 2. The number of hydrogen-bond acceptors (Lipinski definition) is 6. The summed E-state index contributed by atoms with van der Waals surface area (Å²) >= 11 is 0. The maximum atomic E-state index is 12.9. The molecule has 1 aromatic heterocycles. The number of carbonyl (C=O) groups excluding carboxylic acids is 2. The van der Waals surface area contributed by atoms with Crippen molar-refractivity contribution in [3.05, 3.63) is 24.3 Å². The summed E-state index contributed by atoms with van der Waals surface area (Å²) in [4.78, 5) is 39.7. The van der Waals surface area contributed by atoms with E-state index in [-0.39, 0.29) is 23.3 Å². The number of aromatic nitrogens is 2. The van der Waals surface area contributed by atoms with Crippen LogP contribution in [0.25, 0.3) is 0 Å². The lowest BCUT2D eigenvalue weighted by Gasteiger charge is -2.39. The molecule has 3 fully saturated rings. The fourth-order valence-corrected chi connectivity index (χ4v) is 4.66. The maximum absolute atomic E-state index is 12.9. The second-order valence-electron chi connectivity index (χ2n) is 7.96. The Morgan fingerprint density at radius 1 is 1.11 bits per heavy atom. The Balaban J connectivity index is 1.37. The summed E-state index contributed by atoms with van der Waals surface area (Å²) in [5.74, 6) is 0.181. The summed E-state index contributed by atoms with van der Waals surface area (Å²) in [7, 11) is 2.05. The summed E-state index contributed by atoms with van der Waals surface area (Å²) in [5, 5.41) is 0. The average molecular weight is 373 g/mol. The summed E-state index contributed by atoms with van der Waals surface area (Å²) in [6.07, 6.45) is 7.38. The molecule has 0 aliphatic carbocycles. The van der Waals surface area contributed by atoms with Crippen LogP contribution >= 0.6 is 0 Å². The minimum absolute atomic E-state index is 0.0506. The van der Waals surface area contributed by atoms with Crippen LogP contribution in [-0.4, -0.2) is 95.5 Å². The second kappa shape index (κ2) is 7.52. The summed E-state index contributed by atoms with van der Waals surface area (Å²) < 4.78 is 5.37. The molecule has 0 bridgehead atoms. The van der Waals surface area contributed by atoms with Gasteiger partial charge in [0.05, 0.1) is 25.5 Å². The highest BCUT2D eigenvalue weighted by atomic mass is 16.5. The lowest BCUT2D eigenvalue weighted by molar-refractivity contribution is -0.139. The van der Waals surface area contributed by atoms with E-state index in [1.54, 1.807) is 12.4 Å². The monoisotopic (exact) mass is 373 g/mol. The third-order valence-electron chi connectivity index (χ3n) is 6.24. The Hall–Kier alpha value is -2.06. The van der Waals surface area contributed by atoms with Gasteiger partial charge < -0.3 is 14.5 Å². The lowest BCUT2D eigenvalue weighted by Crippen LogP contribution is -2.48. The van der Waals surface area contributed by atoms with Gasteiger partial charge in [-0.1, -0.05) is 0 Å². The number of amides is 2. The van der Waals surface area contributed by atoms with Crippen molar-refractivity contribution < 1.29 is 14.3 Å². The molecule has 0 radical (unpaired) electrons. The molecule has 3 aliphatic heterocycles. The zero-order valence-corrected chi connectivity index (χ0v) is 15.8. The molecule has 8 nitrogen and oxygen atoms in total. The first-order valence-electron chi connectivity index (χ1n) is 9.70. The molecular formula is C19H27N5O3. The van der Waals surface area contributed by atoms with Crippen LogP contribution in [0.2, 0.25) is 0 Å². The van der Waals surface area contributed by atoms with Gasteiger partial charge in [-0.3, -0.25) is 19.5 Å². The van der Waals surface area contributed by atoms with E-state index in [4.69, 9.17) is 4.74 Å². The Labute approximate surface area is 159 Å². The molecule has 0 saturated carbocycles. The molecule has 4 heterocycles. The van der Waals surface area contributed by atoms with Crippen LogP contribution in [0.15, 0.2) is 18.6 Å². The van der Waals surface area contributed by atoms with E-state index < -0.39 is 0 Å². The minimum atomic E-state index is -0.0507. The van der Waals surface area contributed by atoms with Crippen LogP contribution in [-0.2, 0) is 9.53 Å². The molecule has 4 rings (SSSR count). The molecule has 2 amide bonds. The van der Waals surface area contributed by atoms with Gasteiger partial charge in [-0.05, 0) is 31.7 Å². The largest absolute Gasteiger partial charge is 0.378 e. The molecule has 27 heavy (non-hydrogen) atoms. The summed E-state index contributed by atoms with van der Waals surface area (Å²) in [5.41, 5.74) is 0.526. The first-order valence-corrected chi connectivity index (χ1v) is 9.70. The van der Waals surface area contributed by atoms with E-state index in [2.05, 4.69) is 21.9 Å². The number of rotatable bonds is 2. The highest BCUT2D eigenvalue weighted by Crippen LogP contribution is 2.43. The van der Waals surface area contributed by atoms with Gasteiger partial charge in [-0.2, -0.15) is 0 Å².